The number of nitrogens with zero attached hydrogens (tertiary/aromatic N) is 3. The molecule has 2 N–H and O–H groups in total. The number of para-hydroxylation sites is 2. The molecule has 2 amide bonds. The van der Waals surface area contributed by atoms with E-state index in [1.807, 2.05) is 75.4 Å². The Kier molecular flexibility index (Phi) is 7.37. The number of carbonyl (C=O) groups is 2. The fourth-order valence-electron chi connectivity index (χ4n) is 4.90. The molecule has 192 valence electrons. The summed E-state index contributed by atoms with van der Waals surface area (Å²) in [7, 11) is 0. The van der Waals surface area contributed by atoms with Gasteiger partial charge in [-0.05, 0) is 57.7 Å². The Morgan fingerprint density at radius 1 is 1.11 bits per heavy atom. The highest BCUT2D eigenvalue weighted by atomic mass is 16.6. The highest BCUT2D eigenvalue weighted by Gasteiger charge is 2.34. The molecule has 2 aromatic carbocycles. The number of aromatic nitrogens is 2. The van der Waals surface area contributed by atoms with E-state index in [1.54, 1.807) is 9.47 Å². The van der Waals surface area contributed by atoms with Crippen LogP contribution < -0.4 is 5.69 Å². The van der Waals surface area contributed by atoms with Crippen molar-refractivity contribution in [2.24, 2.45) is 0 Å². The van der Waals surface area contributed by atoms with Crippen LogP contribution in [0.1, 0.15) is 51.6 Å². The number of hydrogen-bond acceptors (Lipinski definition) is 4. The smallest absolute Gasteiger partial charge is 0.410 e. The van der Waals surface area contributed by atoms with Crippen LogP contribution in [0.5, 0.6) is 0 Å². The second-order valence-electron chi connectivity index (χ2n) is 10.3. The third-order valence-electron chi connectivity index (χ3n) is 6.52. The Labute approximate surface area is 210 Å². The second-order valence-corrected chi connectivity index (χ2v) is 10.3. The summed E-state index contributed by atoms with van der Waals surface area (Å²) >= 11 is 0. The molecule has 9 heteroatoms. The van der Waals surface area contributed by atoms with Crippen molar-refractivity contribution in [2.75, 3.05) is 13.1 Å². The van der Waals surface area contributed by atoms with Crippen molar-refractivity contribution in [3.05, 3.63) is 70.6 Å². The van der Waals surface area contributed by atoms with E-state index in [2.05, 4.69) is 4.98 Å². The average Bonchev–Trinajstić information content (AvgIpc) is 3.16. The Morgan fingerprint density at radius 3 is 2.50 bits per heavy atom. The lowest BCUT2D eigenvalue weighted by Crippen LogP contribution is -2.48. The van der Waals surface area contributed by atoms with Crippen molar-refractivity contribution >= 4 is 23.2 Å². The number of rotatable bonds is 6. The summed E-state index contributed by atoms with van der Waals surface area (Å²) in [6, 6.07) is 16.7. The molecule has 2 unspecified atom stereocenters. The van der Waals surface area contributed by atoms with Gasteiger partial charge in [0.15, 0.2) is 0 Å². The van der Waals surface area contributed by atoms with Crippen LogP contribution in [0.3, 0.4) is 0 Å². The summed E-state index contributed by atoms with van der Waals surface area (Å²) in [6.07, 6.45) is 0.0442. The molecule has 1 aromatic heterocycles. The number of ether oxygens (including phenoxy) is 1. The SMILES string of the molecule is CC(C)(C)OC(=O)N(CCC1CC(n2c(=O)[nH]c3ccccc32)CCN1C(=O)O)Cc1ccccc1. The number of nitrogens with one attached hydrogen (secondary N) is 1. The molecule has 0 bridgehead atoms. The molecule has 36 heavy (non-hydrogen) atoms. The summed E-state index contributed by atoms with van der Waals surface area (Å²) in [5.41, 5.74) is 1.70. The van der Waals surface area contributed by atoms with Gasteiger partial charge in [0.25, 0.3) is 0 Å². The first kappa shape index (κ1) is 25.3. The van der Waals surface area contributed by atoms with E-state index in [0.29, 0.717) is 38.9 Å². The molecule has 1 aliphatic rings. The lowest BCUT2D eigenvalue weighted by molar-refractivity contribution is 0.0203. The topological polar surface area (TPSA) is 108 Å². The van der Waals surface area contributed by atoms with Gasteiger partial charge in [-0.25, -0.2) is 14.4 Å². The molecule has 1 aliphatic heterocycles. The van der Waals surface area contributed by atoms with Gasteiger partial charge >= 0.3 is 17.9 Å². The number of hydrogen-bond donors (Lipinski definition) is 2. The van der Waals surface area contributed by atoms with E-state index in [0.717, 1.165) is 16.6 Å². The van der Waals surface area contributed by atoms with Gasteiger partial charge in [0.2, 0.25) is 0 Å². The van der Waals surface area contributed by atoms with E-state index in [4.69, 9.17) is 4.74 Å². The van der Waals surface area contributed by atoms with Gasteiger partial charge in [-0.3, -0.25) is 4.57 Å². The first-order valence-electron chi connectivity index (χ1n) is 12.3. The maximum atomic E-state index is 13.0. The van der Waals surface area contributed by atoms with Crippen LogP contribution in [0, 0.1) is 0 Å². The minimum absolute atomic E-state index is 0.140. The fraction of sp³-hybridized carbons (Fsp3) is 0.444. The monoisotopic (exact) mass is 494 g/mol. The average molecular weight is 495 g/mol. The molecule has 2 heterocycles. The molecule has 2 atom stereocenters. The van der Waals surface area contributed by atoms with Crippen molar-refractivity contribution < 1.29 is 19.4 Å². The summed E-state index contributed by atoms with van der Waals surface area (Å²) in [4.78, 5) is 43.8. The summed E-state index contributed by atoms with van der Waals surface area (Å²) in [6.45, 7) is 6.48. The van der Waals surface area contributed by atoms with Gasteiger partial charge in [-0.1, -0.05) is 42.5 Å². The van der Waals surface area contributed by atoms with Gasteiger partial charge in [0, 0.05) is 31.7 Å². The van der Waals surface area contributed by atoms with Crippen LogP contribution in [-0.2, 0) is 11.3 Å². The maximum Gasteiger partial charge on any atom is 0.410 e. The van der Waals surface area contributed by atoms with Crippen molar-refractivity contribution in [1.29, 1.82) is 0 Å². The van der Waals surface area contributed by atoms with E-state index in [-0.39, 0.29) is 17.8 Å². The first-order valence-corrected chi connectivity index (χ1v) is 12.3. The number of fused-ring (bicyclic) bond motifs is 1. The largest absolute Gasteiger partial charge is 0.465 e. The fourth-order valence-corrected chi connectivity index (χ4v) is 4.90. The molecule has 0 aliphatic carbocycles. The van der Waals surface area contributed by atoms with E-state index in [9.17, 15) is 19.5 Å². The molecule has 4 rings (SSSR count). The minimum atomic E-state index is -0.989. The molecule has 0 radical (unpaired) electrons. The maximum absolute atomic E-state index is 13.0. The number of likely N-dealkylation sites (tertiary alicyclic amines) is 1. The Morgan fingerprint density at radius 2 is 1.81 bits per heavy atom. The van der Waals surface area contributed by atoms with E-state index < -0.39 is 17.8 Å². The zero-order chi connectivity index (χ0) is 25.9. The Hall–Kier alpha value is -3.75. The number of benzene rings is 2. The standard InChI is InChI=1S/C27H34N4O5/c1-27(2,3)36-26(35)29(18-19-9-5-4-6-10-19)15-13-20-17-21(14-16-30(20)25(33)34)31-23-12-8-7-11-22(23)28-24(31)32/h4-12,20-21H,13-18H2,1-3H3,(H,28,32)(H,33,34). The summed E-state index contributed by atoms with van der Waals surface area (Å²) in [5.74, 6) is 0. The predicted octanol–water partition coefficient (Wildman–Crippen LogP) is 4.84. The lowest BCUT2D eigenvalue weighted by atomic mass is 9.94. The number of carbonyl (C=O) groups excluding carboxylic acids is 1. The Balaban J connectivity index is 1.54. The molecule has 1 fully saturated rings. The molecule has 1 saturated heterocycles. The third-order valence-corrected chi connectivity index (χ3v) is 6.52. The van der Waals surface area contributed by atoms with Crippen LogP contribution in [0.25, 0.3) is 11.0 Å². The third kappa shape index (κ3) is 5.90. The lowest BCUT2D eigenvalue weighted by Gasteiger charge is -2.39. The molecule has 0 saturated carbocycles. The highest BCUT2D eigenvalue weighted by molar-refractivity contribution is 5.75. The van der Waals surface area contributed by atoms with Gasteiger partial charge < -0.3 is 24.6 Å². The summed E-state index contributed by atoms with van der Waals surface area (Å²) < 4.78 is 7.38. The van der Waals surface area contributed by atoms with Gasteiger partial charge in [-0.15, -0.1) is 0 Å². The molecular weight excluding hydrogens is 460 g/mol. The zero-order valence-corrected chi connectivity index (χ0v) is 21.0. The normalized spacial score (nSPS) is 18.2. The second kappa shape index (κ2) is 10.5. The van der Waals surface area contributed by atoms with Crippen LogP contribution in [0.4, 0.5) is 9.59 Å². The van der Waals surface area contributed by atoms with Crippen molar-refractivity contribution in [2.45, 2.75) is 64.3 Å². The van der Waals surface area contributed by atoms with Crippen molar-refractivity contribution in [3.8, 4) is 0 Å². The number of imidazole rings is 1. The van der Waals surface area contributed by atoms with E-state index in [1.165, 1.54) is 4.90 Å². The van der Waals surface area contributed by atoms with Gasteiger partial charge in [0.05, 0.1) is 11.0 Å². The Bertz CT molecular complexity index is 1260. The highest BCUT2D eigenvalue weighted by Crippen LogP contribution is 2.30. The first-order chi connectivity index (χ1) is 17.1. The minimum Gasteiger partial charge on any atom is -0.465 e. The number of H-pyrrole nitrogens is 1. The molecular formula is C27H34N4O5. The van der Waals surface area contributed by atoms with Crippen LogP contribution in [0.2, 0.25) is 0 Å². The van der Waals surface area contributed by atoms with Gasteiger partial charge in [-0.2, -0.15) is 0 Å². The number of piperidine rings is 1. The van der Waals surface area contributed by atoms with E-state index >= 15 is 0 Å². The predicted molar refractivity (Wildman–Crippen MR) is 137 cm³/mol. The quantitative estimate of drug-likeness (QED) is 0.510. The van der Waals surface area contributed by atoms with Crippen molar-refractivity contribution in [1.82, 2.24) is 19.4 Å². The number of aromatic amines is 1. The van der Waals surface area contributed by atoms with Crippen LogP contribution >= 0.6 is 0 Å². The summed E-state index contributed by atoms with van der Waals surface area (Å²) in [5, 5.41) is 9.86. The van der Waals surface area contributed by atoms with Crippen LogP contribution in [-0.4, -0.2) is 61.4 Å². The molecule has 9 nitrogen and oxygen atoms in total. The number of amides is 2. The molecule has 0 spiro atoms. The number of carboxylic acid groups (broad SMARTS) is 1. The zero-order valence-electron chi connectivity index (χ0n) is 21.0. The van der Waals surface area contributed by atoms with Crippen LogP contribution in [0.15, 0.2) is 59.4 Å². The van der Waals surface area contributed by atoms with Gasteiger partial charge in [0.1, 0.15) is 5.60 Å². The van der Waals surface area contributed by atoms with Crippen molar-refractivity contribution in [3.63, 3.8) is 0 Å². The molecule has 3 aromatic rings.